The van der Waals surface area contributed by atoms with Crippen molar-refractivity contribution >= 4 is 34.9 Å². The highest BCUT2D eigenvalue weighted by molar-refractivity contribution is 6.32. The van der Waals surface area contributed by atoms with Gasteiger partial charge >= 0.3 is 6.03 Å². The average Bonchev–Trinajstić information content (AvgIpc) is 2.55. The van der Waals surface area contributed by atoms with Crippen molar-refractivity contribution in [2.75, 3.05) is 19.5 Å². The Kier molecular flexibility index (Phi) is 6.17. The summed E-state index contributed by atoms with van der Waals surface area (Å²) in [6.07, 6.45) is 0. The molecule has 0 bridgehead atoms. The lowest BCUT2D eigenvalue weighted by molar-refractivity contribution is 0.249. The normalized spacial score (nSPS) is 11.5. The van der Waals surface area contributed by atoms with Crippen molar-refractivity contribution < 1.29 is 14.3 Å². The number of anilines is 1. The Morgan fingerprint density at radius 1 is 1.04 bits per heavy atom. The Morgan fingerprint density at radius 2 is 1.71 bits per heavy atom. The third kappa shape index (κ3) is 4.24. The molecule has 0 radical (unpaired) electrons. The molecule has 1 unspecified atom stereocenters. The van der Waals surface area contributed by atoms with Crippen LogP contribution in [0, 0.1) is 0 Å². The standard InChI is InChI=1S/C17H18Cl2N2O3/c1-10(11-6-4-5-7-12(11)18)20-17(22)21-14-8-13(19)15(23-2)9-16(14)24-3/h4-10H,1-3H3,(H2,20,21,22). The van der Waals surface area contributed by atoms with E-state index in [4.69, 9.17) is 32.7 Å². The number of nitrogens with one attached hydrogen (secondary N) is 2. The van der Waals surface area contributed by atoms with E-state index in [1.165, 1.54) is 14.2 Å². The van der Waals surface area contributed by atoms with Crippen molar-refractivity contribution in [2.24, 2.45) is 0 Å². The molecule has 24 heavy (non-hydrogen) atoms. The summed E-state index contributed by atoms with van der Waals surface area (Å²) < 4.78 is 10.4. The first-order chi connectivity index (χ1) is 11.5. The molecular weight excluding hydrogens is 351 g/mol. The lowest BCUT2D eigenvalue weighted by Gasteiger charge is -2.18. The van der Waals surface area contributed by atoms with Gasteiger partial charge in [-0.3, -0.25) is 0 Å². The Bertz CT molecular complexity index is 738. The number of methoxy groups -OCH3 is 2. The van der Waals surface area contributed by atoms with Crippen LogP contribution in [0.15, 0.2) is 36.4 Å². The van der Waals surface area contributed by atoms with Crippen LogP contribution in [0.4, 0.5) is 10.5 Å². The second-order valence-electron chi connectivity index (χ2n) is 5.03. The van der Waals surface area contributed by atoms with Gasteiger partial charge in [0.15, 0.2) is 0 Å². The number of hydrogen-bond acceptors (Lipinski definition) is 3. The fraction of sp³-hybridized carbons (Fsp3) is 0.235. The summed E-state index contributed by atoms with van der Waals surface area (Å²) in [5.41, 5.74) is 1.27. The van der Waals surface area contributed by atoms with Gasteiger partial charge in [0.1, 0.15) is 11.5 Å². The van der Waals surface area contributed by atoms with Crippen molar-refractivity contribution in [2.45, 2.75) is 13.0 Å². The second-order valence-corrected chi connectivity index (χ2v) is 5.84. The molecule has 0 spiro atoms. The van der Waals surface area contributed by atoms with Gasteiger partial charge in [-0.1, -0.05) is 41.4 Å². The second kappa shape index (κ2) is 8.13. The molecule has 0 aliphatic heterocycles. The highest BCUT2D eigenvalue weighted by atomic mass is 35.5. The van der Waals surface area contributed by atoms with Crippen LogP contribution < -0.4 is 20.1 Å². The molecule has 0 saturated carbocycles. The van der Waals surface area contributed by atoms with E-state index in [2.05, 4.69) is 10.6 Å². The molecule has 2 rings (SSSR count). The van der Waals surface area contributed by atoms with Crippen molar-refractivity contribution in [1.29, 1.82) is 0 Å². The Balaban J connectivity index is 2.12. The molecule has 1 atom stereocenters. The summed E-state index contributed by atoms with van der Waals surface area (Å²) in [5, 5.41) is 6.50. The fourth-order valence-corrected chi connectivity index (χ4v) is 2.76. The average molecular weight is 369 g/mol. The number of amides is 2. The lowest BCUT2D eigenvalue weighted by atomic mass is 10.1. The molecular formula is C17H18Cl2N2O3. The maximum absolute atomic E-state index is 12.2. The van der Waals surface area contributed by atoms with Crippen molar-refractivity contribution in [1.82, 2.24) is 5.32 Å². The summed E-state index contributed by atoms with van der Waals surface area (Å²) in [6, 6.07) is 9.85. The smallest absolute Gasteiger partial charge is 0.319 e. The number of hydrogen-bond donors (Lipinski definition) is 2. The van der Waals surface area contributed by atoms with Gasteiger partial charge in [-0.2, -0.15) is 0 Å². The van der Waals surface area contributed by atoms with Gasteiger partial charge in [-0.25, -0.2) is 4.79 Å². The maximum atomic E-state index is 12.2. The maximum Gasteiger partial charge on any atom is 0.319 e. The molecule has 0 fully saturated rings. The summed E-state index contributed by atoms with van der Waals surface area (Å²) in [6.45, 7) is 1.85. The van der Waals surface area contributed by atoms with Crippen molar-refractivity contribution in [3.05, 3.63) is 52.0 Å². The number of carbonyl (C=O) groups is 1. The van der Waals surface area contributed by atoms with Gasteiger partial charge in [0, 0.05) is 11.1 Å². The van der Waals surface area contributed by atoms with E-state index in [9.17, 15) is 4.79 Å². The van der Waals surface area contributed by atoms with Crippen LogP contribution >= 0.6 is 23.2 Å². The van der Waals surface area contributed by atoms with Gasteiger partial charge in [0.05, 0.1) is 31.0 Å². The highest BCUT2D eigenvalue weighted by Gasteiger charge is 2.15. The molecule has 5 nitrogen and oxygen atoms in total. The van der Waals surface area contributed by atoms with E-state index in [1.807, 2.05) is 25.1 Å². The molecule has 2 N–H and O–H groups in total. The van der Waals surface area contributed by atoms with Crippen molar-refractivity contribution in [3.63, 3.8) is 0 Å². The molecule has 2 aromatic carbocycles. The first kappa shape index (κ1) is 18.2. The van der Waals surface area contributed by atoms with Crippen LogP contribution in [0.1, 0.15) is 18.5 Å². The zero-order valence-corrected chi connectivity index (χ0v) is 15.0. The number of rotatable bonds is 5. The van der Waals surface area contributed by atoms with Gasteiger partial charge in [-0.05, 0) is 24.6 Å². The van der Waals surface area contributed by atoms with Crippen LogP contribution in [0.25, 0.3) is 0 Å². The summed E-state index contributed by atoms with van der Waals surface area (Å²) >= 11 is 12.2. The highest BCUT2D eigenvalue weighted by Crippen LogP contribution is 2.35. The Labute approximate surface area is 150 Å². The topological polar surface area (TPSA) is 59.6 Å². The first-order valence-electron chi connectivity index (χ1n) is 7.19. The Morgan fingerprint density at radius 3 is 2.33 bits per heavy atom. The van der Waals surface area contributed by atoms with E-state index in [-0.39, 0.29) is 6.04 Å². The molecule has 0 aliphatic carbocycles. The molecule has 0 saturated heterocycles. The number of halogens is 2. The molecule has 2 amide bonds. The van der Waals surface area contributed by atoms with Crippen LogP contribution in [0.3, 0.4) is 0 Å². The zero-order chi connectivity index (χ0) is 17.7. The molecule has 128 valence electrons. The third-order valence-electron chi connectivity index (χ3n) is 3.44. The predicted molar refractivity (Wildman–Crippen MR) is 96.6 cm³/mol. The van der Waals surface area contributed by atoms with Crippen LogP contribution in [0.5, 0.6) is 11.5 Å². The summed E-state index contributed by atoms with van der Waals surface area (Å²) in [7, 11) is 3.00. The molecule has 2 aromatic rings. The van der Waals surface area contributed by atoms with Gasteiger partial charge < -0.3 is 20.1 Å². The van der Waals surface area contributed by atoms with Crippen LogP contribution in [0.2, 0.25) is 10.0 Å². The van der Waals surface area contributed by atoms with Gasteiger partial charge in [0.25, 0.3) is 0 Å². The van der Waals surface area contributed by atoms with Gasteiger partial charge in [-0.15, -0.1) is 0 Å². The fourth-order valence-electron chi connectivity index (χ4n) is 2.22. The van der Waals surface area contributed by atoms with Crippen LogP contribution in [-0.4, -0.2) is 20.3 Å². The van der Waals surface area contributed by atoms with Crippen molar-refractivity contribution in [3.8, 4) is 11.5 Å². The Hall–Kier alpha value is -2.11. The van der Waals surface area contributed by atoms with E-state index in [1.54, 1.807) is 18.2 Å². The van der Waals surface area contributed by atoms with E-state index in [0.717, 1.165) is 5.56 Å². The number of urea groups is 1. The summed E-state index contributed by atoms with van der Waals surface area (Å²) in [4.78, 5) is 12.2. The first-order valence-corrected chi connectivity index (χ1v) is 7.95. The van der Waals surface area contributed by atoms with E-state index >= 15 is 0 Å². The molecule has 0 aromatic heterocycles. The van der Waals surface area contributed by atoms with Crippen LogP contribution in [-0.2, 0) is 0 Å². The quantitative estimate of drug-likeness (QED) is 0.789. The molecule has 0 aliphatic rings. The lowest BCUT2D eigenvalue weighted by Crippen LogP contribution is -2.31. The number of carbonyl (C=O) groups excluding carboxylic acids is 1. The SMILES string of the molecule is COc1cc(OC)c(NC(=O)NC(C)c2ccccc2Cl)cc1Cl. The number of ether oxygens (including phenoxy) is 2. The molecule has 7 heteroatoms. The minimum Gasteiger partial charge on any atom is -0.495 e. The third-order valence-corrected chi connectivity index (χ3v) is 4.08. The predicted octanol–water partition coefficient (Wildman–Crippen LogP) is 4.89. The minimum atomic E-state index is -0.401. The van der Waals surface area contributed by atoms with Gasteiger partial charge in [0.2, 0.25) is 0 Å². The van der Waals surface area contributed by atoms with E-state index in [0.29, 0.717) is 27.2 Å². The van der Waals surface area contributed by atoms with E-state index < -0.39 is 6.03 Å². The monoisotopic (exact) mass is 368 g/mol. The molecule has 0 heterocycles. The minimum absolute atomic E-state index is 0.265. The zero-order valence-electron chi connectivity index (χ0n) is 13.5. The summed E-state index contributed by atoms with van der Waals surface area (Å²) in [5.74, 6) is 0.903. The number of benzene rings is 2. The largest absolute Gasteiger partial charge is 0.495 e.